The van der Waals surface area contributed by atoms with Gasteiger partial charge in [0.25, 0.3) is 0 Å². The first-order chi connectivity index (χ1) is 8.08. The Kier molecular flexibility index (Phi) is 3.30. The summed E-state index contributed by atoms with van der Waals surface area (Å²) in [6, 6.07) is 6.40. The van der Waals surface area contributed by atoms with Crippen molar-refractivity contribution in [2.45, 2.75) is 26.1 Å². The van der Waals surface area contributed by atoms with E-state index in [9.17, 15) is 4.39 Å². The quantitative estimate of drug-likeness (QED) is 0.748. The number of anilines is 1. The van der Waals surface area contributed by atoms with E-state index in [1.165, 1.54) is 12.1 Å². The van der Waals surface area contributed by atoms with Crippen LogP contribution < -0.4 is 4.90 Å². The predicted octanol–water partition coefficient (Wildman–Crippen LogP) is 2.31. The lowest BCUT2D eigenvalue weighted by molar-refractivity contribution is -0.00523. The van der Waals surface area contributed by atoms with Gasteiger partial charge in [0.1, 0.15) is 5.82 Å². The van der Waals surface area contributed by atoms with Gasteiger partial charge in [0, 0.05) is 18.8 Å². The van der Waals surface area contributed by atoms with E-state index in [1.54, 1.807) is 6.07 Å². The van der Waals surface area contributed by atoms with E-state index in [0.29, 0.717) is 5.56 Å². The maximum atomic E-state index is 13.4. The summed E-state index contributed by atoms with van der Waals surface area (Å²) in [5.74, 6) is -0.370. The maximum Gasteiger partial charge on any atom is 0.126 e. The van der Waals surface area contributed by atoms with Crippen LogP contribution in [0.25, 0.3) is 0 Å². The van der Waals surface area contributed by atoms with Crippen LogP contribution in [0.5, 0.6) is 0 Å². The minimum absolute atomic E-state index is 0.118. The fraction of sp³-hybridized carbons (Fsp3) is 0.462. The Balaban J connectivity index is 2.27. The molecule has 1 aliphatic heterocycles. The first-order valence-corrected chi connectivity index (χ1v) is 5.69. The van der Waals surface area contributed by atoms with Gasteiger partial charge in [-0.3, -0.25) is 0 Å². The van der Waals surface area contributed by atoms with Crippen molar-refractivity contribution in [3.63, 3.8) is 0 Å². The van der Waals surface area contributed by atoms with Crippen molar-refractivity contribution in [2.75, 3.05) is 18.0 Å². The summed E-state index contributed by atoms with van der Waals surface area (Å²) in [6.07, 6.45) is 0.236. The van der Waals surface area contributed by atoms with Crippen molar-refractivity contribution in [3.05, 3.63) is 29.6 Å². The van der Waals surface area contributed by atoms with Crippen molar-refractivity contribution >= 4 is 5.69 Å². The van der Waals surface area contributed by atoms with Crippen molar-refractivity contribution in [2.24, 2.45) is 0 Å². The fourth-order valence-electron chi connectivity index (χ4n) is 2.21. The topological polar surface area (TPSA) is 36.3 Å². The van der Waals surface area contributed by atoms with Crippen LogP contribution in [-0.2, 0) is 4.74 Å². The summed E-state index contributed by atoms with van der Waals surface area (Å²) in [7, 11) is 0. The molecule has 1 fully saturated rings. The lowest BCUT2D eigenvalue weighted by Crippen LogP contribution is -2.45. The third-order valence-corrected chi connectivity index (χ3v) is 2.80. The molecule has 1 heterocycles. The van der Waals surface area contributed by atoms with E-state index in [0.717, 1.165) is 18.8 Å². The molecule has 2 rings (SSSR count). The van der Waals surface area contributed by atoms with Gasteiger partial charge in [-0.15, -0.1) is 0 Å². The van der Waals surface area contributed by atoms with E-state index in [4.69, 9.17) is 10.00 Å². The van der Waals surface area contributed by atoms with E-state index in [2.05, 4.69) is 4.90 Å². The highest BCUT2D eigenvalue weighted by molar-refractivity contribution is 5.52. The zero-order valence-corrected chi connectivity index (χ0v) is 9.98. The van der Waals surface area contributed by atoms with E-state index >= 15 is 0 Å². The lowest BCUT2D eigenvalue weighted by Gasteiger charge is -2.36. The molecule has 0 saturated carbocycles. The van der Waals surface area contributed by atoms with Gasteiger partial charge in [-0.25, -0.2) is 4.39 Å². The molecule has 0 aromatic heterocycles. The number of morpholine rings is 1. The Hall–Kier alpha value is -1.60. The lowest BCUT2D eigenvalue weighted by atomic mass is 10.1. The molecule has 0 N–H and O–H groups in total. The number of hydrogen-bond donors (Lipinski definition) is 0. The van der Waals surface area contributed by atoms with E-state index in [1.807, 2.05) is 19.9 Å². The Morgan fingerprint density at radius 3 is 2.53 bits per heavy atom. The number of halogens is 1. The summed E-state index contributed by atoms with van der Waals surface area (Å²) in [5.41, 5.74) is 1.11. The summed E-state index contributed by atoms with van der Waals surface area (Å²) in [5, 5.41) is 8.83. The molecule has 1 saturated heterocycles. The van der Waals surface area contributed by atoms with Crippen LogP contribution in [0.15, 0.2) is 18.2 Å². The van der Waals surface area contributed by atoms with Crippen LogP contribution in [0.3, 0.4) is 0 Å². The summed E-state index contributed by atoms with van der Waals surface area (Å²) in [4.78, 5) is 2.06. The Morgan fingerprint density at radius 1 is 1.29 bits per heavy atom. The molecule has 3 nitrogen and oxygen atoms in total. The van der Waals surface area contributed by atoms with Gasteiger partial charge in [-0.05, 0) is 32.0 Å². The second kappa shape index (κ2) is 4.72. The number of nitrogens with zero attached hydrogens (tertiary/aromatic N) is 2. The normalized spacial score (nSPS) is 24.5. The Bertz CT molecular complexity index is 445. The molecule has 17 heavy (non-hydrogen) atoms. The molecule has 0 spiro atoms. The number of rotatable bonds is 1. The SMILES string of the molecule is C[C@@H]1CN(c2cc(F)cc(C#N)c2)C[C@H](C)O1. The van der Waals surface area contributed by atoms with Crippen molar-refractivity contribution in [1.29, 1.82) is 5.26 Å². The molecule has 1 aromatic carbocycles. The predicted molar refractivity (Wildman–Crippen MR) is 63.3 cm³/mol. The van der Waals surface area contributed by atoms with Crippen molar-refractivity contribution in [3.8, 4) is 6.07 Å². The van der Waals surface area contributed by atoms with Gasteiger partial charge in [-0.2, -0.15) is 5.26 Å². The third-order valence-electron chi connectivity index (χ3n) is 2.80. The fourth-order valence-corrected chi connectivity index (χ4v) is 2.21. The van der Waals surface area contributed by atoms with Gasteiger partial charge in [0.2, 0.25) is 0 Å². The van der Waals surface area contributed by atoms with Crippen LogP contribution in [0.2, 0.25) is 0 Å². The average Bonchev–Trinajstić information content (AvgIpc) is 2.26. The molecule has 4 heteroatoms. The standard InChI is InChI=1S/C13H15FN2O/c1-9-7-16(8-10(2)17-9)13-4-11(6-15)3-12(14)5-13/h3-5,9-10H,7-8H2,1-2H3/t9-,10+. The molecule has 1 aromatic rings. The third kappa shape index (κ3) is 2.75. The first kappa shape index (κ1) is 11.9. The van der Waals surface area contributed by atoms with Crippen LogP contribution in [0, 0.1) is 17.1 Å². The molecule has 0 radical (unpaired) electrons. The van der Waals surface area contributed by atoms with Crippen LogP contribution in [0.1, 0.15) is 19.4 Å². The van der Waals surface area contributed by atoms with E-state index in [-0.39, 0.29) is 18.0 Å². The average molecular weight is 234 g/mol. The van der Waals surface area contributed by atoms with Gasteiger partial charge >= 0.3 is 0 Å². The maximum absolute atomic E-state index is 13.4. The minimum atomic E-state index is -0.370. The van der Waals surface area contributed by atoms with Crippen LogP contribution >= 0.6 is 0 Å². The zero-order chi connectivity index (χ0) is 12.4. The highest BCUT2D eigenvalue weighted by atomic mass is 19.1. The Morgan fingerprint density at radius 2 is 1.94 bits per heavy atom. The molecule has 0 unspecified atom stereocenters. The number of ether oxygens (including phenoxy) is 1. The highest BCUT2D eigenvalue weighted by Crippen LogP contribution is 2.22. The van der Waals surface area contributed by atoms with Gasteiger partial charge in [0.15, 0.2) is 0 Å². The molecule has 0 aliphatic carbocycles. The van der Waals surface area contributed by atoms with Crippen LogP contribution in [-0.4, -0.2) is 25.3 Å². The summed E-state index contributed by atoms with van der Waals surface area (Å²) < 4.78 is 19.0. The monoisotopic (exact) mass is 234 g/mol. The molecule has 0 amide bonds. The summed E-state index contributed by atoms with van der Waals surface area (Å²) in [6.45, 7) is 5.43. The smallest absolute Gasteiger partial charge is 0.126 e. The molecule has 90 valence electrons. The zero-order valence-electron chi connectivity index (χ0n) is 9.98. The van der Waals surface area contributed by atoms with E-state index < -0.39 is 0 Å². The number of benzene rings is 1. The minimum Gasteiger partial charge on any atom is -0.372 e. The van der Waals surface area contributed by atoms with Gasteiger partial charge in [-0.1, -0.05) is 0 Å². The largest absolute Gasteiger partial charge is 0.372 e. The van der Waals surface area contributed by atoms with Gasteiger partial charge in [0.05, 0.1) is 23.8 Å². The molecular weight excluding hydrogens is 219 g/mol. The second-order valence-corrected chi connectivity index (χ2v) is 4.47. The summed E-state index contributed by atoms with van der Waals surface area (Å²) >= 11 is 0. The molecule has 0 bridgehead atoms. The highest BCUT2D eigenvalue weighted by Gasteiger charge is 2.22. The number of nitriles is 1. The second-order valence-electron chi connectivity index (χ2n) is 4.47. The van der Waals surface area contributed by atoms with Crippen molar-refractivity contribution in [1.82, 2.24) is 0 Å². The van der Waals surface area contributed by atoms with Crippen molar-refractivity contribution < 1.29 is 9.13 Å². The number of hydrogen-bond acceptors (Lipinski definition) is 3. The Labute approximate surface area is 100 Å². The first-order valence-electron chi connectivity index (χ1n) is 5.69. The molecule has 2 atom stereocenters. The molecular formula is C13H15FN2O. The van der Waals surface area contributed by atoms with Crippen LogP contribution in [0.4, 0.5) is 10.1 Å². The van der Waals surface area contributed by atoms with Gasteiger partial charge < -0.3 is 9.64 Å². The molecule has 1 aliphatic rings.